The number of carbonyl (C=O) groups excluding carboxylic acids is 1. The zero-order valence-corrected chi connectivity index (χ0v) is 12.7. The van der Waals surface area contributed by atoms with E-state index in [2.05, 4.69) is 20.3 Å². The number of nitrogens with one attached hydrogen (secondary N) is 1. The van der Waals surface area contributed by atoms with E-state index in [9.17, 15) is 4.79 Å². The molecule has 2 aromatic heterocycles. The standard InChI is InChI=1S/C18H16N4O/c1-13(14-6-3-2-4-7-14)18(23)22-16-11-20-17(21-12-16)15-8-5-9-19-10-15/h2-13H,1H3,(H,22,23)/t13-/m0/s1. The van der Waals surface area contributed by atoms with Crippen molar-refractivity contribution in [3.05, 3.63) is 72.8 Å². The minimum absolute atomic E-state index is 0.0890. The highest BCUT2D eigenvalue weighted by atomic mass is 16.1. The van der Waals surface area contributed by atoms with E-state index in [1.807, 2.05) is 49.4 Å². The van der Waals surface area contributed by atoms with Gasteiger partial charge in [-0.05, 0) is 24.6 Å². The summed E-state index contributed by atoms with van der Waals surface area (Å²) in [6, 6.07) is 13.4. The van der Waals surface area contributed by atoms with Crippen molar-refractivity contribution in [3.63, 3.8) is 0 Å². The third kappa shape index (κ3) is 3.58. The van der Waals surface area contributed by atoms with Crippen molar-refractivity contribution in [1.82, 2.24) is 15.0 Å². The largest absolute Gasteiger partial charge is 0.323 e. The van der Waals surface area contributed by atoms with Crippen molar-refractivity contribution in [3.8, 4) is 11.4 Å². The monoisotopic (exact) mass is 304 g/mol. The van der Waals surface area contributed by atoms with Crippen LogP contribution in [0.15, 0.2) is 67.3 Å². The van der Waals surface area contributed by atoms with E-state index in [1.165, 1.54) is 0 Å². The van der Waals surface area contributed by atoms with Crippen molar-refractivity contribution in [2.75, 3.05) is 5.32 Å². The lowest BCUT2D eigenvalue weighted by molar-refractivity contribution is -0.117. The maximum absolute atomic E-state index is 12.3. The molecule has 0 spiro atoms. The Morgan fingerprint density at radius 1 is 1.00 bits per heavy atom. The summed E-state index contributed by atoms with van der Waals surface area (Å²) in [5.41, 5.74) is 2.38. The smallest absolute Gasteiger partial charge is 0.231 e. The van der Waals surface area contributed by atoms with Gasteiger partial charge in [0, 0.05) is 18.0 Å². The minimum atomic E-state index is -0.241. The lowest BCUT2D eigenvalue weighted by Gasteiger charge is -2.12. The third-order valence-electron chi connectivity index (χ3n) is 3.53. The quantitative estimate of drug-likeness (QED) is 0.803. The lowest BCUT2D eigenvalue weighted by atomic mass is 10.0. The lowest BCUT2D eigenvalue weighted by Crippen LogP contribution is -2.19. The molecule has 1 atom stereocenters. The van der Waals surface area contributed by atoms with Gasteiger partial charge in [0.25, 0.3) is 0 Å². The topological polar surface area (TPSA) is 67.8 Å². The molecule has 1 aromatic carbocycles. The van der Waals surface area contributed by atoms with Crippen LogP contribution < -0.4 is 5.32 Å². The number of anilines is 1. The van der Waals surface area contributed by atoms with E-state index in [1.54, 1.807) is 24.8 Å². The molecule has 0 fully saturated rings. The third-order valence-corrected chi connectivity index (χ3v) is 3.53. The van der Waals surface area contributed by atoms with Gasteiger partial charge in [-0.2, -0.15) is 0 Å². The normalized spacial score (nSPS) is 11.7. The van der Waals surface area contributed by atoms with Gasteiger partial charge in [0.1, 0.15) is 0 Å². The SMILES string of the molecule is C[C@H](C(=O)Nc1cnc(-c2cccnc2)nc1)c1ccccc1. The molecular formula is C18H16N4O. The molecule has 0 aliphatic rings. The van der Waals surface area contributed by atoms with Crippen LogP contribution in [0, 0.1) is 0 Å². The molecule has 0 aliphatic carbocycles. The molecule has 23 heavy (non-hydrogen) atoms. The van der Waals surface area contributed by atoms with Crippen molar-refractivity contribution >= 4 is 11.6 Å². The molecule has 0 bridgehead atoms. The Morgan fingerprint density at radius 3 is 2.39 bits per heavy atom. The highest BCUT2D eigenvalue weighted by molar-refractivity contribution is 5.95. The summed E-state index contributed by atoms with van der Waals surface area (Å²) in [4.78, 5) is 24.9. The van der Waals surface area contributed by atoms with Gasteiger partial charge in [0.05, 0.1) is 24.0 Å². The number of aromatic nitrogens is 3. The summed E-state index contributed by atoms with van der Waals surface area (Å²) in [5.74, 6) is 0.246. The Labute approximate surface area is 134 Å². The Bertz CT molecular complexity index is 773. The Morgan fingerprint density at radius 2 is 1.74 bits per heavy atom. The molecule has 5 nitrogen and oxygen atoms in total. The van der Waals surface area contributed by atoms with E-state index in [0.29, 0.717) is 11.5 Å². The molecule has 5 heteroatoms. The molecule has 2 heterocycles. The van der Waals surface area contributed by atoms with Crippen LogP contribution in [0.25, 0.3) is 11.4 Å². The fourth-order valence-corrected chi connectivity index (χ4v) is 2.18. The first-order valence-corrected chi connectivity index (χ1v) is 7.32. The molecule has 0 aliphatic heterocycles. The van der Waals surface area contributed by atoms with Gasteiger partial charge in [-0.25, -0.2) is 9.97 Å². The summed E-state index contributed by atoms with van der Waals surface area (Å²) in [6.07, 6.45) is 6.60. The highest BCUT2D eigenvalue weighted by Gasteiger charge is 2.15. The van der Waals surface area contributed by atoms with E-state index >= 15 is 0 Å². The van der Waals surface area contributed by atoms with Gasteiger partial charge >= 0.3 is 0 Å². The predicted octanol–water partition coefficient (Wildman–Crippen LogP) is 3.28. The number of nitrogens with zero attached hydrogens (tertiary/aromatic N) is 3. The molecule has 0 saturated heterocycles. The van der Waals surface area contributed by atoms with Gasteiger partial charge in [0.15, 0.2) is 5.82 Å². The zero-order chi connectivity index (χ0) is 16.1. The fourth-order valence-electron chi connectivity index (χ4n) is 2.18. The molecular weight excluding hydrogens is 288 g/mol. The maximum atomic E-state index is 12.3. The summed E-state index contributed by atoms with van der Waals surface area (Å²) < 4.78 is 0. The van der Waals surface area contributed by atoms with Crippen LogP contribution in [0.2, 0.25) is 0 Å². The van der Waals surface area contributed by atoms with Crippen LogP contribution in [0.4, 0.5) is 5.69 Å². The number of hydrogen-bond acceptors (Lipinski definition) is 4. The molecule has 1 N–H and O–H groups in total. The van der Waals surface area contributed by atoms with Crippen LogP contribution >= 0.6 is 0 Å². The van der Waals surface area contributed by atoms with Crippen molar-refractivity contribution in [2.45, 2.75) is 12.8 Å². The molecule has 3 aromatic rings. The first kappa shape index (κ1) is 14.8. The van der Waals surface area contributed by atoms with Gasteiger partial charge in [-0.1, -0.05) is 30.3 Å². The average Bonchev–Trinajstić information content (AvgIpc) is 2.63. The van der Waals surface area contributed by atoms with Gasteiger partial charge in [-0.3, -0.25) is 9.78 Å². The van der Waals surface area contributed by atoms with E-state index < -0.39 is 0 Å². The summed E-state index contributed by atoms with van der Waals surface area (Å²) in [6.45, 7) is 1.87. The first-order chi connectivity index (χ1) is 11.2. The summed E-state index contributed by atoms with van der Waals surface area (Å²) in [7, 11) is 0. The first-order valence-electron chi connectivity index (χ1n) is 7.32. The molecule has 0 unspecified atom stereocenters. The number of rotatable bonds is 4. The minimum Gasteiger partial charge on any atom is -0.323 e. The van der Waals surface area contributed by atoms with Crippen LogP contribution in [-0.2, 0) is 4.79 Å². The second kappa shape index (κ2) is 6.79. The Balaban J connectivity index is 1.70. The Kier molecular flexibility index (Phi) is 4.38. The second-order valence-corrected chi connectivity index (χ2v) is 5.16. The molecule has 0 radical (unpaired) electrons. The van der Waals surface area contributed by atoms with Crippen LogP contribution in [0.1, 0.15) is 18.4 Å². The molecule has 3 rings (SSSR count). The highest BCUT2D eigenvalue weighted by Crippen LogP contribution is 2.18. The number of hydrogen-bond donors (Lipinski definition) is 1. The van der Waals surface area contributed by atoms with E-state index in [0.717, 1.165) is 11.1 Å². The Hall–Kier alpha value is -3.08. The molecule has 1 amide bonds. The van der Waals surface area contributed by atoms with Gasteiger partial charge < -0.3 is 5.32 Å². The predicted molar refractivity (Wildman–Crippen MR) is 88.7 cm³/mol. The van der Waals surface area contributed by atoms with Gasteiger partial charge in [-0.15, -0.1) is 0 Å². The molecule has 0 saturated carbocycles. The van der Waals surface area contributed by atoms with Crippen LogP contribution in [-0.4, -0.2) is 20.9 Å². The summed E-state index contributed by atoms with van der Waals surface area (Å²) >= 11 is 0. The van der Waals surface area contributed by atoms with Gasteiger partial charge in [0.2, 0.25) is 5.91 Å². The zero-order valence-electron chi connectivity index (χ0n) is 12.7. The van der Waals surface area contributed by atoms with E-state index in [4.69, 9.17) is 0 Å². The van der Waals surface area contributed by atoms with Crippen LogP contribution in [0.5, 0.6) is 0 Å². The van der Waals surface area contributed by atoms with Crippen molar-refractivity contribution in [1.29, 1.82) is 0 Å². The van der Waals surface area contributed by atoms with E-state index in [-0.39, 0.29) is 11.8 Å². The summed E-state index contributed by atoms with van der Waals surface area (Å²) in [5, 5.41) is 2.84. The molecule has 114 valence electrons. The van der Waals surface area contributed by atoms with Crippen molar-refractivity contribution < 1.29 is 4.79 Å². The number of pyridine rings is 1. The van der Waals surface area contributed by atoms with Crippen molar-refractivity contribution in [2.24, 2.45) is 0 Å². The number of carbonyl (C=O) groups is 1. The second-order valence-electron chi connectivity index (χ2n) is 5.16. The average molecular weight is 304 g/mol. The fraction of sp³-hybridized carbons (Fsp3) is 0.111. The number of benzene rings is 1. The number of amides is 1. The van der Waals surface area contributed by atoms with Crippen LogP contribution in [0.3, 0.4) is 0 Å². The maximum Gasteiger partial charge on any atom is 0.231 e.